The van der Waals surface area contributed by atoms with Crippen LogP contribution in [0.2, 0.25) is 10.0 Å². The van der Waals surface area contributed by atoms with Crippen molar-refractivity contribution in [1.29, 1.82) is 0 Å². The molecule has 11 aromatic heterocycles. The number of halogens is 2. The number of benzene rings is 1. The van der Waals surface area contributed by atoms with Crippen molar-refractivity contribution in [3.63, 3.8) is 0 Å². The number of sulfonamides is 1. The van der Waals surface area contributed by atoms with E-state index in [2.05, 4.69) is 118 Å². The maximum Gasteiger partial charge on any atom is 0.348 e. The van der Waals surface area contributed by atoms with E-state index in [0.29, 0.717) is 155 Å². The van der Waals surface area contributed by atoms with Gasteiger partial charge in [0.1, 0.15) is 24.0 Å². The molecule has 0 radical (unpaired) electrons. The van der Waals surface area contributed by atoms with Gasteiger partial charge >= 0.3 is 11.9 Å². The van der Waals surface area contributed by atoms with Crippen LogP contribution in [0.5, 0.6) is 0 Å². The number of anilines is 8. The van der Waals surface area contributed by atoms with Gasteiger partial charge in [-0.15, -0.1) is 46.9 Å². The smallest absolute Gasteiger partial charge is 0.348 e. The van der Waals surface area contributed by atoms with Crippen molar-refractivity contribution >= 4 is 136 Å². The second-order valence-electron chi connectivity index (χ2n) is 25.3. The molecule has 5 aliphatic rings. The van der Waals surface area contributed by atoms with Gasteiger partial charge in [-0.3, -0.25) is 20.4 Å². The van der Waals surface area contributed by atoms with Crippen molar-refractivity contribution in [2.45, 2.75) is 96.6 Å². The number of ether oxygens (including phenoxy) is 3. The molecule has 108 heavy (non-hydrogen) atoms. The first-order valence-corrected chi connectivity index (χ1v) is 40.2. The minimum Gasteiger partial charge on any atom is -0.465 e. The van der Waals surface area contributed by atoms with Crippen molar-refractivity contribution in [3.05, 3.63) is 163 Å². The standard InChI is InChI=1S/C19H17N5O2S.C18H19ClN6O3S2.C18H15N5O2S.C16H14ClN5O2S.3H2/c1-3-12-11-20-18(14-6-8-15(9-7-14)27(2,25)26)22-19(12)21-17-10-16(23-24-17)13-4-5-13;19-12-8-20-18(22-17(12)21-15-7-13(23-24-15)10-1-2-10)14-3-4-16(29-14)30(26,27)25-11-5-6-28-9-11;1-3-10-9-19-17(13-6-7-14(26-13)18(24)25-2)21-16(10)20-15-8-12(22-23-15)11-4-5-11;1-24-16(23)12-5-4-11(25-12)15-18-7-9(17)14(20-15)19-13-6-10(21-22-13)8-2-3-8;;;/h1,6-11,13H,4-5H2,2H3,(H2,20,21,22,23,24);3-4,7-8,10-11,25H,1-2,5-6,9H2,(H2,20,21,22,23,24);1,6-9,11H,4-5H2,2H3,(H2,19,20,21,22,23);4-8H,2-3H2,1H3,(H2,18,19,20,21,22);3*1H. The Kier molecular flexibility index (Phi) is 22.1. The van der Waals surface area contributed by atoms with Gasteiger partial charge < -0.3 is 35.5 Å². The Morgan fingerprint density at radius 2 is 0.898 bits per heavy atom. The Morgan fingerprint density at radius 1 is 0.519 bits per heavy atom. The Bertz CT molecular complexity index is 5640. The Balaban J connectivity index is 0.000000146. The van der Waals surface area contributed by atoms with Crippen LogP contribution >= 0.6 is 57.2 Å². The molecule has 4 saturated carbocycles. The van der Waals surface area contributed by atoms with Crippen molar-refractivity contribution in [3.8, 4) is 68.2 Å². The number of hydrogen-bond acceptors (Lipinski definition) is 28. The summed E-state index contributed by atoms with van der Waals surface area (Å²) in [5.74, 6) is 12.9. The number of nitrogens with one attached hydrogen (secondary N) is 9. The van der Waals surface area contributed by atoms with Crippen molar-refractivity contribution in [2.24, 2.45) is 0 Å². The van der Waals surface area contributed by atoms with Gasteiger partial charge in [-0.05, 0) is 118 Å². The zero-order valence-electron chi connectivity index (χ0n) is 57.5. The lowest BCUT2D eigenvalue weighted by Crippen LogP contribution is -2.34. The summed E-state index contributed by atoms with van der Waals surface area (Å²) < 4.78 is 66.0. The van der Waals surface area contributed by atoms with Gasteiger partial charge in [-0.2, -0.15) is 20.4 Å². The number of carbonyl (C=O) groups is 2. The SMILES string of the molecule is C#Cc1cnc(-c2ccc(C(=O)OC)s2)nc1Nc1cc(C2CC2)[nH]n1.C#Cc1cnc(-c2ccc(S(C)(=O)=O)cc2)nc1Nc1cc(C2CC2)[nH]n1.COC(=O)c1ccc(-c2ncc(Cl)c(Nc3cc(C4CC4)[nH]n3)n2)s1.O=S(=O)(NC1CCOC1)c1ccc(-c2ncc(Cl)c(Nc3cc(C4CC4)[nH]n3)n2)s1.[HH].[HH].[HH]. The summed E-state index contributed by atoms with van der Waals surface area (Å²) in [4.78, 5) is 61.6. The molecule has 0 bridgehead atoms. The largest absolute Gasteiger partial charge is 0.465 e. The number of terminal acetylenes is 2. The molecule has 1 aliphatic heterocycles. The maximum absolute atomic E-state index is 12.6. The van der Waals surface area contributed by atoms with E-state index >= 15 is 0 Å². The minimum absolute atomic E-state index is 0. The van der Waals surface area contributed by atoms with E-state index < -0.39 is 19.9 Å². The highest BCUT2D eigenvalue weighted by atomic mass is 35.5. The summed E-state index contributed by atoms with van der Waals surface area (Å²) in [7, 11) is -4.17. The van der Waals surface area contributed by atoms with Gasteiger partial charge in [0.25, 0.3) is 0 Å². The fourth-order valence-corrected chi connectivity index (χ4v) is 15.9. The van der Waals surface area contributed by atoms with Gasteiger partial charge in [0.2, 0.25) is 10.0 Å². The molecule has 30 nitrogen and oxygen atoms in total. The number of aromatic nitrogens is 16. The lowest BCUT2D eigenvalue weighted by Gasteiger charge is -2.09. The van der Waals surface area contributed by atoms with Gasteiger partial charge in [0.05, 0.1) is 63.9 Å². The molecular formula is C71H71Cl2N21O9S5. The number of aromatic amines is 4. The monoisotopic (exact) mass is 1590 g/mol. The van der Waals surface area contributed by atoms with Crippen LogP contribution in [0.15, 0.2) is 119 Å². The van der Waals surface area contributed by atoms with E-state index in [1.807, 2.05) is 24.3 Å². The zero-order chi connectivity index (χ0) is 75.2. The fraction of sp³-hybridized carbons (Fsp3) is 0.268. The average molecular weight is 1590 g/mol. The van der Waals surface area contributed by atoms with E-state index in [1.54, 1.807) is 60.9 Å². The summed E-state index contributed by atoms with van der Waals surface area (Å²) in [6, 6.07) is 24.2. The highest BCUT2D eigenvalue weighted by Gasteiger charge is 2.31. The summed E-state index contributed by atoms with van der Waals surface area (Å²) >= 11 is 16.1. The molecule has 5 fully saturated rings. The molecule has 1 unspecified atom stereocenters. The molecule has 37 heteroatoms. The van der Waals surface area contributed by atoms with E-state index in [-0.39, 0.29) is 31.4 Å². The average Bonchev–Trinajstić information content (AvgIpc) is 1.71. The number of nitrogens with zero attached hydrogens (tertiary/aromatic N) is 12. The lowest BCUT2D eigenvalue weighted by atomic mass is 10.2. The molecule has 0 spiro atoms. The highest BCUT2D eigenvalue weighted by molar-refractivity contribution is 7.91. The summed E-state index contributed by atoms with van der Waals surface area (Å²) in [6.45, 7) is 0.956. The molecule has 4 aliphatic carbocycles. The first kappa shape index (κ1) is 74.0. The Hall–Kier alpha value is -10.9. The van der Waals surface area contributed by atoms with Crippen LogP contribution in [0.1, 0.15) is 139 Å². The van der Waals surface area contributed by atoms with E-state index in [1.165, 1.54) is 119 Å². The molecule has 12 heterocycles. The second kappa shape index (κ2) is 32.3. The van der Waals surface area contributed by atoms with E-state index in [9.17, 15) is 26.4 Å². The normalized spacial score (nSPS) is 15.2. The third-order valence-corrected chi connectivity index (χ3v) is 24.0. The Labute approximate surface area is 644 Å². The Morgan fingerprint density at radius 3 is 1.29 bits per heavy atom. The van der Waals surface area contributed by atoms with Crippen LogP contribution in [0, 0.1) is 24.7 Å². The zero-order valence-corrected chi connectivity index (χ0v) is 63.1. The van der Waals surface area contributed by atoms with Gasteiger partial charge in [0.15, 0.2) is 79.7 Å². The second-order valence-corrected chi connectivity index (χ2v) is 33.3. The van der Waals surface area contributed by atoms with Crippen LogP contribution in [-0.2, 0) is 34.1 Å². The molecule has 1 saturated heterocycles. The molecule has 9 N–H and O–H groups in total. The topological polar surface area (TPSA) is 408 Å². The molecule has 12 aromatic rings. The third-order valence-electron chi connectivity index (χ3n) is 17.1. The summed E-state index contributed by atoms with van der Waals surface area (Å²) in [6.07, 6.45) is 28.6. The van der Waals surface area contributed by atoms with Crippen LogP contribution in [0.4, 0.5) is 46.5 Å². The number of H-pyrrole nitrogens is 4. The third kappa shape index (κ3) is 18.4. The first-order chi connectivity index (χ1) is 52.2. The predicted octanol–water partition coefficient (Wildman–Crippen LogP) is 14.2. The number of hydrogen-bond donors (Lipinski definition) is 9. The maximum atomic E-state index is 12.6. The number of rotatable bonds is 22. The summed E-state index contributed by atoms with van der Waals surface area (Å²) in [5.41, 5.74) is 6.17. The first-order valence-electron chi connectivity index (χ1n) is 33.6. The molecule has 1 atom stereocenters. The van der Waals surface area contributed by atoms with Crippen LogP contribution in [-0.4, -0.2) is 149 Å². The van der Waals surface area contributed by atoms with E-state index in [4.69, 9.17) is 50.3 Å². The summed E-state index contributed by atoms with van der Waals surface area (Å²) in [5, 5.41) is 42.4. The molecule has 17 rings (SSSR count). The number of thiophene rings is 3. The van der Waals surface area contributed by atoms with Crippen molar-refractivity contribution < 1.29 is 44.9 Å². The van der Waals surface area contributed by atoms with Crippen molar-refractivity contribution in [2.75, 3.05) is 55.0 Å². The number of sulfone groups is 1. The molecule has 0 amide bonds. The molecular weight excluding hydrogens is 1520 g/mol. The number of carbonyl (C=O) groups excluding carboxylic acids is 2. The van der Waals surface area contributed by atoms with Crippen molar-refractivity contribution in [1.82, 2.24) is 85.4 Å². The predicted molar refractivity (Wildman–Crippen MR) is 416 cm³/mol. The van der Waals surface area contributed by atoms with Gasteiger partial charge in [-0.1, -0.05) is 35.0 Å². The van der Waals surface area contributed by atoms with Gasteiger partial charge in [0, 0.05) is 112 Å². The van der Waals surface area contributed by atoms with Gasteiger partial charge in [-0.25, -0.2) is 71.0 Å². The van der Waals surface area contributed by atoms with Crippen LogP contribution < -0.4 is 26.0 Å². The number of methoxy groups -OCH3 is 2. The van der Waals surface area contributed by atoms with Crippen LogP contribution in [0.3, 0.4) is 0 Å². The fourth-order valence-electron chi connectivity index (χ4n) is 10.7. The highest BCUT2D eigenvalue weighted by Crippen LogP contribution is 2.44. The van der Waals surface area contributed by atoms with Crippen LogP contribution in [0.25, 0.3) is 43.5 Å². The number of esters is 2. The lowest BCUT2D eigenvalue weighted by molar-refractivity contribution is 0.0597. The molecule has 1 aromatic carbocycles. The van der Waals surface area contributed by atoms with E-state index in [0.717, 1.165) is 43.9 Å². The molecule has 558 valence electrons. The minimum atomic E-state index is -3.62. The quantitative estimate of drug-likeness (QED) is 0.0225.